The van der Waals surface area contributed by atoms with Gasteiger partial charge in [0.05, 0.1) is 0 Å². The van der Waals surface area contributed by atoms with E-state index >= 15 is 0 Å². The van der Waals surface area contributed by atoms with Crippen molar-refractivity contribution in [3.8, 4) is 0 Å². The molecule has 0 saturated carbocycles. The number of anilines is 1. The van der Waals surface area contributed by atoms with Crippen LogP contribution in [0.1, 0.15) is 11.1 Å². The number of aliphatic hydroxyl groups is 1. The summed E-state index contributed by atoms with van der Waals surface area (Å²) in [6, 6.07) is 5.39. The molecule has 16 heavy (non-hydrogen) atoms. The number of aryl methyl sites for hydroxylation is 2. The molecular formula is C11H14F3NO. The van der Waals surface area contributed by atoms with Crippen LogP contribution in [0.2, 0.25) is 0 Å². The number of rotatable bonds is 3. The van der Waals surface area contributed by atoms with Crippen LogP contribution >= 0.6 is 0 Å². The van der Waals surface area contributed by atoms with Gasteiger partial charge in [0.25, 0.3) is 0 Å². The Kier molecular flexibility index (Phi) is 3.80. The van der Waals surface area contributed by atoms with Crippen molar-refractivity contribution < 1.29 is 18.3 Å². The van der Waals surface area contributed by atoms with E-state index in [0.717, 1.165) is 11.1 Å². The van der Waals surface area contributed by atoms with E-state index in [1.165, 1.54) is 0 Å². The summed E-state index contributed by atoms with van der Waals surface area (Å²) in [5, 5.41) is 11.4. The highest BCUT2D eigenvalue weighted by Gasteiger charge is 2.37. The van der Waals surface area contributed by atoms with Gasteiger partial charge < -0.3 is 10.4 Å². The highest BCUT2D eigenvalue weighted by Crippen LogP contribution is 2.21. The van der Waals surface area contributed by atoms with Crippen molar-refractivity contribution in [2.24, 2.45) is 0 Å². The first-order valence-corrected chi connectivity index (χ1v) is 4.86. The molecule has 0 bridgehead atoms. The fourth-order valence-corrected chi connectivity index (χ4v) is 1.41. The van der Waals surface area contributed by atoms with Gasteiger partial charge in [0, 0.05) is 12.2 Å². The van der Waals surface area contributed by atoms with Gasteiger partial charge in [-0.15, -0.1) is 0 Å². The van der Waals surface area contributed by atoms with Crippen LogP contribution in [0, 0.1) is 13.8 Å². The molecule has 0 spiro atoms. The second kappa shape index (κ2) is 4.74. The number of aliphatic hydroxyl groups excluding tert-OH is 1. The van der Waals surface area contributed by atoms with E-state index in [-0.39, 0.29) is 0 Å². The van der Waals surface area contributed by atoms with Crippen LogP contribution in [0.5, 0.6) is 0 Å². The number of halogens is 3. The van der Waals surface area contributed by atoms with Crippen LogP contribution in [0.15, 0.2) is 18.2 Å². The lowest BCUT2D eigenvalue weighted by Crippen LogP contribution is -2.35. The summed E-state index contributed by atoms with van der Waals surface area (Å²) < 4.78 is 36.1. The summed E-state index contributed by atoms with van der Waals surface area (Å²) in [4.78, 5) is 0. The zero-order chi connectivity index (χ0) is 12.3. The van der Waals surface area contributed by atoms with Crippen LogP contribution in [0.3, 0.4) is 0 Å². The standard InChI is InChI=1S/C11H14F3NO/c1-7-3-8(2)5-9(4-7)15-6-10(16)11(12,13)14/h3-5,10,15-16H,6H2,1-2H3. The smallest absolute Gasteiger partial charge is 0.382 e. The van der Waals surface area contributed by atoms with Crippen molar-refractivity contribution in [2.45, 2.75) is 26.1 Å². The lowest BCUT2D eigenvalue weighted by atomic mass is 10.1. The summed E-state index contributed by atoms with van der Waals surface area (Å²) in [7, 11) is 0. The molecular weight excluding hydrogens is 219 g/mol. The van der Waals surface area contributed by atoms with Crippen molar-refractivity contribution in [1.82, 2.24) is 0 Å². The molecule has 1 unspecified atom stereocenters. The molecule has 0 aliphatic carbocycles. The number of hydrogen-bond acceptors (Lipinski definition) is 2. The van der Waals surface area contributed by atoms with Crippen molar-refractivity contribution >= 4 is 5.69 Å². The molecule has 2 nitrogen and oxygen atoms in total. The maximum atomic E-state index is 12.0. The summed E-state index contributed by atoms with van der Waals surface area (Å²) in [5.74, 6) is 0. The van der Waals surface area contributed by atoms with Crippen molar-refractivity contribution in [1.29, 1.82) is 0 Å². The fraction of sp³-hybridized carbons (Fsp3) is 0.455. The second-order valence-corrected chi connectivity index (χ2v) is 3.81. The Labute approximate surface area is 92.1 Å². The molecule has 1 aromatic carbocycles. The third-order valence-electron chi connectivity index (χ3n) is 2.10. The van der Waals surface area contributed by atoms with Crippen LogP contribution in [-0.4, -0.2) is 23.9 Å². The Hall–Kier alpha value is -1.23. The highest BCUT2D eigenvalue weighted by molar-refractivity contribution is 5.48. The number of hydrogen-bond donors (Lipinski definition) is 2. The van der Waals surface area contributed by atoms with Crippen LogP contribution in [0.25, 0.3) is 0 Å². The second-order valence-electron chi connectivity index (χ2n) is 3.81. The Morgan fingerprint density at radius 2 is 1.69 bits per heavy atom. The van der Waals surface area contributed by atoms with Gasteiger partial charge in [-0.05, 0) is 37.1 Å². The maximum Gasteiger partial charge on any atom is 0.416 e. The number of alkyl halides is 3. The molecule has 0 aromatic heterocycles. The van der Waals surface area contributed by atoms with Crippen LogP contribution in [-0.2, 0) is 0 Å². The first-order valence-electron chi connectivity index (χ1n) is 4.86. The van der Waals surface area contributed by atoms with Crippen LogP contribution in [0.4, 0.5) is 18.9 Å². The third kappa shape index (κ3) is 3.73. The van der Waals surface area contributed by atoms with E-state index in [2.05, 4.69) is 5.32 Å². The van der Waals surface area contributed by atoms with Crippen molar-refractivity contribution in [3.63, 3.8) is 0 Å². The number of nitrogens with one attached hydrogen (secondary N) is 1. The SMILES string of the molecule is Cc1cc(C)cc(NCC(O)C(F)(F)F)c1. The van der Waals surface area contributed by atoms with Gasteiger partial charge in [0.15, 0.2) is 6.10 Å². The van der Waals surface area contributed by atoms with Gasteiger partial charge in [-0.25, -0.2) is 0 Å². The van der Waals surface area contributed by atoms with Gasteiger partial charge in [-0.2, -0.15) is 13.2 Å². The molecule has 1 aromatic rings. The molecule has 90 valence electrons. The molecule has 0 fully saturated rings. The number of benzene rings is 1. The van der Waals surface area contributed by atoms with Crippen molar-refractivity contribution in [3.05, 3.63) is 29.3 Å². The van der Waals surface area contributed by atoms with E-state index in [0.29, 0.717) is 5.69 Å². The van der Waals surface area contributed by atoms with Gasteiger partial charge in [0.1, 0.15) is 0 Å². The van der Waals surface area contributed by atoms with E-state index in [4.69, 9.17) is 5.11 Å². The fourth-order valence-electron chi connectivity index (χ4n) is 1.41. The van der Waals surface area contributed by atoms with Gasteiger partial charge in [-0.3, -0.25) is 0 Å². The Bertz CT molecular complexity index is 342. The largest absolute Gasteiger partial charge is 0.416 e. The van der Waals surface area contributed by atoms with Gasteiger partial charge >= 0.3 is 6.18 Å². The summed E-state index contributed by atoms with van der Waals surface area (Å²) in [6.07, 6.45) is -6.92. The minimum absolute atomic E-state index is 0.535. The maximum absolute atomic E-state index is 12.0. The Morgan fingerprint density at radius 3 is 2.12 bits per heavy atom. The minimum atomic E-state index is -4.58. The molecule has 0 amide bonds. The zero-order valence-corrected chi connectivity index (χ0v) is 9.10. The van der Waals surface area contributed by atoms with E-state index in [1.807, 2.05) is 19.9 Å². The Balaban J connectivity index is 2.61. The van der Waals surface area contributed by atoms with Crippen molar-refractivity contribution in [2.75, 3.05) is 11.9 Å². The molecule has 0 radical (unpaired) electrons. The monoisotopic (exact) mass is 233 g/mol. The zero-order valence-electron chi connectivity index (χ0n) is 9.10. The molecule has 1 atom stereocenters. The summed E-state index contributed by atoms with van der Waals surface area (Å²) >= 11 is 0. The molecule has 0 aliphatic rings. The molecule has 2 N–H and O–H groups in total. The predicted octanol–water partition coefficient (Wildman–Crippen LogP) is 2.64. The average molecular weight is 233 g/mol. The van der Waals surface area contributed by atoms with Gasteiger partial charge in [0.2, 0.25) is 0 Å². The summed E-state index contributed by atoms with van der Waals surface area (Å²) in [6.45, 7) is 3.18. The molecule has 1 rings (SSSR count). The first kappa shape index (κ1) is 12.8. The third-order valence-corrected chi connectivity index (χ3v) is 2.10. The first-order chi connectivity index (χ1) is 7.29. The molecule has 0 heterocycles. The normalized spacial score (nSPS) is 13.6. The highest BCUT2D eigenvalue weighted by atomic mass is 19.4. The van der Waals surface area contributed by atoms with Crippen LogP contribution < -0.4 is 5.32 Å². The minimum Gasteiger partial charge on any atom is -0.382 e. The predicted molar refractivity (Wildman–Crippen MR) is 56.5 cm³/mol. The lowest BCUT2D eigenvalue weighted by molar-refractivity contribution is -0.198. The van der Waals surface area contributed by atoms with Gasteiger partial charge in [-0.1, -0.05) is 6.07 Å². The average Bonchev–Trinajstić information content (AvgIpc) is 2.11. The molecule has 0 aliphatic heterocycles. The molecule has 0 saturated heterocycles. The lowest BCUT2D eigenvalue weighted by Gasteiger charge is -2.16. The van der Waals surface area contributed by atoms with E-state index in [9.17, 15) is 13.2 Å². The quantitative estimate of drug-likeness (QED) is 0.841. The van der Waals surface area contributed by atoms with E-state index in [1.54, 1.807) is 12.1 Å². The topological polar surface area (TPSA) is 32.3 Å². The Morgan fingerprint density at radius 1 is 1.19 bits per heavy atom. The molecule has 5 heteroatoms. The summed E-state index contributed by atoms with van der Waals surface area (Å²) in [5.41, 5.74) is 2.51. The van der Waals surface area contributed by atoms with E-state index < -0.39 is 18.8 Å².